The number of hydrogen-bond acceptors (Lipinski definition) is 5. The van der Waals surface area contributed by atoms with Gasteiger partial charge in [0.25, 0.3) is 15.9 Å². The number of hydrogen-bond donors (Lipinski definition) is 2. The molecule has 1 amide bonds. The number of furan rings is 1. The molecule has 9 heteroatoms. The molecule has 0 bridgehead atoms. The molecule has 3 rings (SSSR count). The van der Waals surface area contributed by atoms with Gasteiger partial charge in [-0.05, 0) is 63.4 Å². The number of halogens is 1. The van der Waals surface area contributed by atoms with Crippen molar-refractivity contribution in [1.82, 2.24) is 10.0 Å². The van der Waals surface area contributed by atoms with Crippen LogP contribution in [0.3, 0.4) is 0 Å². The van der Waals surface area contributed by atoms with Gasteiger partial charge in [-0.15, -0.1) is 0 Å². The molecule has 7 nitrogen and oxygen atoms in total. The van der Waals surface area contributed by atoms with Crippen LogP contribution in [0.1, 0.15) is 49.7 Å². The van der Waals surface area contributed by atoms with E-state index in [-0.39, 0.29) is 16.3 Å². The Hall–Kier alpha value is -1.87. The number of rotatable bonds is 6. The van der Waals surface area contributed by atoms with Crippen LogP contribution in [0.5, 0.6) is 0 Å². The third kappa shape index (κ3) is 5.43. The molecule has 0 spiro atoms. The molecule has 1 aromatic carbocycles. The van der Waals surface area contributed by atoms with Gasteiger partial charge in [-0.3, -0.25) is 4.79 Å². The maximum Gasteiger partial charge on any atom is 0.287 e. The van der Waals surface area contributed by atoms with E-state index in [4.69, 9.17) is 20.8 Å². The smallest absolute Gasteiger partial charge is 0.287 e. The highest BCUT2D eigenvalue weighted by molar-refractivity contribution is 7.89. The monoisotopic (exact) mass is 454 g/mol. The summed E-state index contributed by atoms with van der Waals surface area (Å²) in [5.74, 6) is -0.530. The third-order valence-corrected chi connectivity index (χ3v) is 6.85. The Labute approximate surface area is 182 Å². The zero-order valence-electron chi connectivity index (χ0n) is 17.3. The fraction of sp³-hybridized carbons (Fsp3) is 0.476. The molecule has 0 saturated carbocycles. The quantitative estimate of drug-likeness (QED) is 0.696. The third-order valence-electron chi connectivity index (χ3n) is 4.98. The minimum Gasteiger partial charge on any atom is -0.438 e. The predicted octanol–water partition coefficient (Wildman–Crippen LogP) is 3.49. The zero-order valence-corrected chi connectivity index (χ0v) is 18.9. The van der Waals surface area contributed by atoms with Crippen LogP contribution in [0.4, 0.5) is 0 Å². The largest absolute Gasteiger partial charge is 0.438 e. The highest BCUT2D eigenvalue weighted by Crippen LogP contribution is 2.35. The minimum atomic E-state index is -3.85. The Morgan fingerprint density at radius 1 is 1.17 bits per heavy atom. The van der Waals surface area contributed by atoms with Crippen molar-refractivity contribution in [3.05, 3.63) is 52.7 Å². The normalized spacial score (nSPS) is 16.9. The molecule has 1 saturated heterocycles. The maximum atomic E-state index is 12.7. The number of nitrogens with one attached hydrogen (secondary N) is 2. The minimum absolute atomic E-state index is 0.0578. The molecule has 2 aromatic rings. The number of carbonyl (C=O) groups excluding carboxylic acids is 1. The summed E-state index contributed by atoms with van der Waals surface area (Å²) >= 11 is 6.18. The Balaban J connectivity index is 1.75. The van der Waals surface area contributed by atoms with Crippen LogP contribution in [0, 0.1) is 0 Å². The van der Waals surface area contributed by atoms with Gasteiger partial charge in [0.1, 0.15) is 0 Å². The Morgan fingerprint density at radius 3 is 2.50 bits per heavy atom. The summed E-state index contributed by atoms with van der Waals surface area (Å²) in [5, 5.41) is 3.24. The number of carbonyl (C=O) groups is 1. The highest BCUT2D eigenvalue weighted by Gasteiger charge is 2.35. The van der Waals surface area contributed by atoms with E-state index in [1.807, 2.05) is 24.3 Å². The number of ether oxygens (including phenoxy) is 1. The lowest BCUT2D eigenvalue weighted by Crippen LogP contribution is -2.44. The van der Waals surface area contributed by atoms with Crippen LogP contribution in [0.25, 0.3) is 0 Å². The lowest BCUT2D eigenvalue weighted by Gasteiger charge is -2.38. The van der Waals surface area contributed by atoms with Gasteiger partial charge >= 0.3 is 0 Å². The van der Waals surface area contributed by atoms with E-state index >= 15 is 0 Å². The molecule has 1 aliphatic heterocycles. The van der Waals surface area contributed by atoms with Crippen molar-refractivity contribution in [3.8, 4) is 0 Å². The van der Waals surface area contributed by atoms with Gasteiger partial charge in [-0.1, -0.05) is 23.7 Å². The van der Waals surface area contributed by atoms with Crippen LogP contribution in [0.15, 0.2) is 45.9 Å². The van der Waals surface area contributed by atoms with Crippen LogP contribution < -0.4 is 10.0 Å². The fourth-order valence-corrected chi connectivity index (χ4v) is 5.07. The van der Waals surface area contributed by atoms with E-state index in [2.05, 4.69) is 10.0 Å². The summed E-state index contributed by atoms with van der Waals surface area (Å²) in [6.45, 7) is 6.71. The van der Waals surface area contributed by atoms with E-state index < -0.39 is 21.5 Å². The van der Waals surface area contributed by atoms with Gasteiger partial charge in [-0.25, -0.2) is 13.1 Å². The topological polar surface area (TPSA) is 97.6 Å². The lowest BCUT2D eigenvalue weighted by atomic mass is 9.74. The van der Waals surface area contributed by atoms with E-state index in [1.54, 1.807) is 20.8 Å². The average Bonchev–Trinajstić information content (AvgIpc) is 3.16. The van der Waals surface area contributed by atoms with Gasteiger partial charge in [0.05, 0.1) is 0 Å². The van der Waals surface area contributed by atoms with Gasteiger partial charge in [-0.2, -0.15) is 0 Å². The second-order valence-corrected chi connectivity index (χ2v) is 10.6. The number of amides is 1. The first-order chi connectivity index (χ1) is 14.0. The van der Waals surface area contributed by atoms with E-state index in [0.29, 0.717) is 24.8 Å². The average molecular weight is 455 g/mol. The zero-order chi connectivity index (χ0) is 22.0. The Morgan fingerprint density at radius 2 is 1.87 bits per heavy atom. The molecule has 164 valence electrons. The van der Waals surface area contributed by atoms with Crippen molar-refractivity contribution in [2.75, 3.05) is 19.8 Å². The first kappa shape index (κ1) is 22.8. The number of benzene rings is 1. The molecule has 0 aliphatic carbocycles. The van der Waals surface area contributed by atoms with Gasteiger partial charge in [0.15, 0.2) is 5.76 Å². The SMILES string of the molecule is CC(C)(C)NS(=O)(=O)c1ccc(C(=O)NCC2(c3cccc(Cl)c3)CCOCC2)o1. The first-order valence-electron chi connectivity index (χ1n) is 9.77. The van der Waals surface area contributed by atoms with Crippen molar-refractivity contribution in [2.45, 2.75) is 49.7 Å². The second kappa shape index (κ2) is 8.70. The molecule has 1 fully saturated rings. The standard InChI is InChI=1S/C21H27ClN2O5S/c1-20(2,3)24-30(26,27)18-8-7-17(29-18)19(25)23-14-21(9-11-28-12-10-21)15-5-4-6-16(22)13-15/h4-8,13,24H,9-12,14H2,1-3H3,(H,23,25). The Kier molecular flexibility index (Phi) is 6.62. The van der Waals surface area contributed by atoms with Crippen molar-refractivity contribution in [1.29, 1.82) is 0 Å². The summed E-state index contributed by atoms with van der Waals surface area (Å²) in [5.41, 5.74) is 0.0600. The molecule has 2 heterocycles. The summed E-state index contributed by atoms with van der Waals surface area (Å²) in [4.78, 5) is 12.7. The summed E-state index contributed by atoms with van der Waals surface area (Å²) in [6, 6.07) is 10.3. The molecule has 0 unspecified atom stereocenters. The summed E-state index contributed by atoms with van der Waals surface area (Å²) < 4.78 is 38.1. The van der Waals surface area contributed by atoms with Crippen molar-refractivity contribution in [3.63, 3.8) is 0 Å². The summed E-state index contributed by atoms with van der Waals surface area (Å²) in [6.07, 6.45) is 1.47. The van der Waals surface area contributed by atoms with E-state index in [0.717, 1.165) is 18.4 Å². The fourth-order valence-electron chi connectivity index (χ4n) is 3.52. The van der Waals surface area contributed by atoms with Gasteiger partial charge < -0.3 is 14.5 Å². The van der Waals surface area contributed by atoms with Gasteiger partial charge in [0.2, 0.25) is 5.09 Å². The van der Waals surface area contributed by atoms with Crippen molar-refractivity contribution in [2.24, 2.45) is 0 Å². The number of sulfonamides is 1. The molecular weight excluding hydrogens is 428 g/mol. The predicted molar refractivity (Wildman–Crippen MR) is 114 cm³/mol. The highest BCUT2D eigenvalue weighted by atomic mass is 35.5. The van der Waals surface area contributed by atoms with Crippen molar-refractivity contribution < 1.29 is 22.4 Å². The molecule has 2 N–H and O–H groups in total. The summed E-state index contributed by atoms with van der Waals surface area (Å²) in [7, 11) is -3.85. The maximum absolute atomic E-state index is 12.7. The van der Waals surface area contributed by atoms with Crippen LogP contribution >= 0.6 is 11.6 Å². The van der Waals surface area contributed by atoms with E-state index in [1.165, 1.54) is 12.1 Å². The van der Waals surface area contributed by atoms with Crippen LogP contribution in [-0.4, -0.2) is 39.6 Å². The molecule has 0 radical (unpaired) electrons. The molecule has 1 aliphatic rings. The molecular formula is C21H27ClN2O5S. The van der Waals surface area contributed by atoms with Crippen LogP contribution in [0.2, 0.25) is 5.02 Å². The molecule has 30 heavy (non-hydrogen) atoms. The van der Waals surface area contributed by atoms with Gasteiger partial charge in [0, 0.05) is 35.7 Å². The lowest BCUT2D eigenvalue weighted by molar-refractivity contribution is 0.0484. The molecule has 0 atom stereocenters. The van der Waals surface area contributed by atoms with Crippen molar-refractivity contribution >= 4 is 27.5 Å². The second-order valence-electron chi connectivity index (χ2n) is 8.56. The Bertz CT molecular complexity index is 1000. The van der Waals surface area contributed by atoms with Crippen LogP contribution in [-0.2, 0) is 20.2 Å². The molecule has 1 aromatic heterocycles. The van der Waals surface area contributed by atoms with E-state index in [9.17, 15) is 13.2 Å². The first-order valence-corrected chi connectivity index (χ1v) is 11.6.